The largest absolute Gasteiger partial charge is 0.369 e. The number of non-ortho nitro benzene ring substituents is 1. The lowest BCUT2D eigenvalue weighted by Gasteiger charge is -2.06. The molecule has 0 fully saturated rings. The lowest BCUT2D eigenvalue weighted by Crippen LogP contribution is -2.25. The zero-order valence-electron chi connectivity index (χ0n) is 8.02. The summed E-state index contributed by atoms with van der Waals surface area (Å²) in [7, 11) is 0. The van der Waals surface area contributed by atoms with E-state index >= 15 is 0 Å². The van der Waals surface area contributed by atoms with E-state index in [1.165, 1.54) is 12.1 Å². The molecule has 0 aliphatic rings. The Bertz CT molecular complexity index is 439. The Morgan fingerprint density at radius 3 is 2.69 bits per heavy atom. The zero-order valence-corrected chi connectivity index (χ0v) is 9.61. The van der Waals surface area contributed by atoms with Crippen molar-refractivity contribution in [2.24, 2.45) is 5.73 Å². The third-order valence-corrected chi connectivity index (χ3v) is 2.73. The fraction of sp³-hybridized carbons (Fsp3) is 0.222. The summed E-state index contributed by atoms with van der Waals surface area (Å²) in [6.07, 6.45) is 0.0547. The van der Waals surface area contributed by atoms with Crippen molar-refractivity contribution in [3.8, 4) is 0 Å². The van der Waals surface area contributed by atoms with Gasteiger partial charge in [-0.1, -0.05) is 15.9 Å². The van der Waals surface area contributed by atoms with Crippen LogP contribution in [0.1, 0.15) is 5.56 Å². The van der Waals surface area contributed by atoms with Gasteiger partial charge in [0, 0.05) is 6.07 Å². The predicted octanol–water partition coefficient (Wildman–Crippen LogP) is 1.53. The molecule has 0 saturated heterocycles. The maximum absolute atomic E-state index is 13.4. The van der Waals surface area contributed by atoms with Gasteiger partial charge in [0.05, 0.1) is 15.8 Å². The molecule has 1 aromatic rings. The van der Waals surface area contributed by atoms with Crippen molar-refractivity contribution in [3.63, 3.8) is 0 Å². The number of carbonyl (C=O) groups is 1. The van der Waals surface area contributed by atoms with Gasteiger partial charge in [-0.3, -0.25) is 14.9 Å². The predicted molar refractivity (Wildman–Crippen MR) is 58.7 cm³/mol. The number of nitrogens with two attached hydrogens (primary N) is 1. The highest BCUT2D eigenvalue weighted by Gasteiger charge is 2.16. The van der Waals surface area contributed by atoms with Gasteiger partial charge < -0.3 is 5.73 Å². The molecule has 1 atom stereocenters. The number of halogens is 2. The van der Waals surface area contributed by atoms with E-state index in [1.54, 1.807) is 0 Å². The van der Waals surface area contributed by atoms with Gasteiger partial charge in [0.1, 0.15) is 5.82 Å². The van der Waals surface area contributed by atoms with Crippen LogP contribution < -0.4 is 5.73 Å². The lowest BCUT2D eigenvalue weighted by atomic mass is 10.1. The van der Waals surface area contributed by atoms with Crippen molar-refractivity contribution >= 4 is 27.5 Å². The van der Waals surface area contributed by atoms with Crippen LogP contribution in [0.3, 0.4) is 0 Å². The molecule has 86 valence electrons. The molecule has 7 heteroatoms. The molecule has 0 radical (unpaired) electrons. The maximum Gasteiger partial charge on any atom is 0.272 e. The average Bonchev–Trinajstić information content (AvgIpc) is 2.20. The van der Waals surface area contributed by atoms with Gasteiger partial charge in [-0.15, -0.1) is 0 Å². The Labute approximate surface area is 98.7 Å². The fourth-order valence-corrected chi connectivity index (χ4v) is 1.46. The topological polar surface area (TPSA) is 86.2 Å². The van der Waals surface area contributed by atoms with E-state index in [1.807, 2.05) is 0 Å². The molecule has 0 spiro atoms. The van der Waals surface area contributed by atoms with Gasteiger partial charge in [0.25, 0.3) is 5.69 Å². The molecule has 1 amide bonds. The molecule has 2 N–H and O–H groups in total. The Hall–Kier alpha value is -1.50. The highest BCUT2D eigenvalue weighted by atomic mass is 79.9. The standard InChI is InChI=1S/C9H8BrFN2O3/c10-7(9(12)14)3-5-1-2-6(13(15)16)4-8(5)11/h1-2,4,7H,3H2,(H2,12,14). The molecule has 1 aromatic carbocycles. The van der Waals surface area contributed by atoms with E-state index in [0.717, 1.165) is 6.07 Å². The molecule has 1 rings (SSSR count). The molecule has 0 bridgehead atoms. The van der Waals surface area contributed by atoms with Crippen LogP contribution in [-0.4, -0.2) is 15.7 Å². The van der Waals surface area contributed by atoms with Gasteiger partial charge in [-0.2, -0.15) is 0 Å². The Morgan fingerprint density at radius 2 is 2.25 bits per heavy atom. The molecule has 1 unspecified atom stereocenters. The van der Waals surface area contributed by atoms with Crippen LogP contribution in [0.5, 0.6) is 0 Å². The monoisotopic (exact) mass is 290 g/mol. The van der Waals surface area contributed by atoms with E-state index < -0.39 is 21.5 Å². The molecular formula is C9H8BrFN2O3. The lowest BCUT2D eigenvalue weighted by molar-refractivity contribution is -0.385. The number of carbonyl (C=O) groups excluding carboxylic acids is 1. The van der Waals surface area contributed by atoms with Crippen LogP contribution in [-0.2, 0) is 11.2 Å². The summed E-state index contributed by atoms with van der Waals surface area (Å²) in [4.78, 5) is 19.7. The van der Waals surface area contributed by atoms with Crippen LogP contribution in [0.15, 0.2) is 18.2 Å². The van der Waals surface area contributed by atoms with Crippen LogP contribution >= 0.6 is 15.9 Å². The van der Waals surface area contributed by atoms with E-state index in [4.69, 9.17) is 5.73 Å². The summed E-state index contributed by atoms with van der Waals surface area (Å²) in [6.45, 7) is 0. The van der Waals surface area contributed by atoms with Crippen molar-refractivity contribution in [2.75, 3.05) is 0 Å². The summed E-state index contributed by atoms with van der Waals surface area (Å²) in [5, 5.41) is 10.4. The molecule has 0 aromatic heterocycles. The first-order valence-electron chi connectivity index (χ1n) is 4.28. The fourth-order valence-electron chi connectivity index (χ4n) is 1.11. The minimum Gasteiger partial charge on any atom is -0.369 e. The number of nitrogens with zero attached hydrogens (tertiary/aromatic N) is 1. The van der Waals surface area contributed by atoms with E-state index in [-0.39, 0.29) is 17.7 Å². The van der Waals surface area contributed by atoms with Crippen molar-refractivity contribution in [1.82, 2.24) is 0 Å². The number of nitro groups is 1. The zero-order chi connectivity index (χ0) is 12.3. The molecule has 16 heavy (non-hydrogen) atoms. The van der Waals surface area contributed by atoms with Crippen LogP contribution in [0.2, 0.25) is 0 Å². The first-order chi connectivity index (χ1) is 7.41. The number of primary amides is 1. The quantitative estimate of drug-likeness (QED) is 0.518. The first kappa shape index (κ1) is 12.6. The number of rotatable bonds is 4. The molecule has 0 aliphatic carbocycles. The average molecular weight is 291 g/mol. The second-order valence-corrected chi connectivity index (χ2v) is 4.21. The second-order valence-electron chi connectivity index (χ2n) is 3.11. The molecular weight excluding hydrogens is 283 g/mol. The van der Waals surface area contributed by atoms with Gasteiger partial charge >= 0.3 is 0 Å². The molecule has 0 heterocycles. The third-order valence-electron chi connectivity index (χ3n) is 1.96. The summed E-state index contributed by atoms with van der Waals surface area (Å²) in [5.74, 6) is -1.34. The van der Waals surface area contributed by atoms with Crippen LogP contribution in [0, 0.1) is 15.9 Å². The number of amides is 1. The second kappa shape index (κ2) is 5.02. The minimum atomic E-state index is -0.722. The van der Waals surface area contributed by atoms with Gasteiger partial charge in [-0.25, -0.2) is 4.39 Å². The molecule has 0 aliphatic heterocycles. The van der Waals surface area contributed by atoms with Crippen LogP contribution in [0.25, 0.3) is 0 Å². The summed E-state index contributed by atoms with van der Waals surface area (Å²) < 4.78 is 13.4. The van der Waals surface area contributed by atoms with Gasteiger partial charge in [-0.05, 0) is 18.1 Å². The SMILES string of the molecule is NC(=O)C(Br)Cc1ccc([N+](=O)[O-])cc1F. The number of hydrogen-bond donors (Lipinski definition) is 1. The maximum atomic E-state index is 13.4. The normalized spacial score (nSPS) is 12.1. The Balaban J connectivity index is 2.91. The van der Waals surface area contributed by atoms with E-state index in [0.29, 0.717) is 0 Å². The van der Waals surface area contributed by atoms with Crippen LogP contribution in [0.4, 0.5) is 10.1 Å². The summed E-state index contributed by atoms with van der Waals surface area (Å²) in [5.41, 5.74) is 4.87. The van der Waals surface area contributed by atoms with E-state index in [9.17, 15) is 19.3 Å². The highest BCUT2D eigenvalue weighted by molar-refractivity contribution is 9.10. The molecule has 0 saturated carbocycles. The number of benzene rings is 1. The van der Waals surface area contributed by atoms with Gasteiger partial charge in [0.15, 0.2) is 0 Å². The first-order valence-corrected chi connectivity index (χ1v) is 5.19. The molecule has 5 nitrogen and oxygen atoms in total. The van der Waals surface area contributed by atoms with Crippen molar-refractivity contribution in [2.45, 2.75) is 11.2 Å². The minimum absolute atomic E-state index is 0.0547. The third kappa shape index (κ3) is 2.99. The van der Waals surface area contributed by atoms with Crippen molar-refractivity contribution in [1.29, 1.82) is 0 Å². The number of nitro benzene ring substituents is 1. The highest BCUT2D eigenvalue weighted by Crippen LogP contribution is 2.19. The number of hydrogen-bond acceptors (Lipinski definition) is 3. The smallest absolute Gasteiger partial charge is 0.272 e. The Morgan fingerprint density at radius 1 is 1.62 bits per heavy atom. The van der Waals surface area contributed by atoms with E-state index in [2.05, 4.69) is 15.9 Å². The van der Waals surface area contributed by atoms with Crippen molar-refractivity contribution in [3.05, 3.63) is 39.7 Å². The van der Waals surface area contributed by atoms with Crippen molar-refractivity contribution < 1.29 is 14.1 Å². The number of alkyl halides is 1. The summed E-state index contributed by atoms with van der Waals surface area (Å²) >= 11 is 2.99. The summed E-state index contributed by atoms with van der Waals surface area (Å²) in [6, 6.07) is 3.26. The Kier molecular flexibility index (Phi) is 3.94. The van der Waals surface area contributed by atoms with Gasteiger partial charge in [0.2, 0.25) is 5.91 Å².